The number of hydrogen-bond donors (Lipinski definition) is 0. The molecule has 0 aliphatic carbocycles. The minimum absolute atomic E-state index is 0.125. The summed E-state index contributed by atoms with van der Waals surface area (Å²) in [7, 11) is -1.73. The van der Waals surface area contributed by atoms with E-state index in [0.29, 0.717) is 32.2 Å². The van der Waals surface area contributed by atoms with Crippen molar-refractivity contribution in [3.05, 3.63) is 30.1 Å². The molecule has 1 atom stereocenters. The number of ether oxygens (including phenoxy) is 1. The first-order chi connectivity index (χ1) is 10.9. The lowest BCUT2D eigenvalue weighted by Crippen LogP contribution is -2.68. The van der Waals surface area contributed by atoms with Crippen molar-refractivity contribution in [3.63, 3.8) is 0 Å². The molecule has 0 unspecified atom stereocenters. The molecule has 7 heteroatoms. The largest absolute Gasteiger partial charge is 0.381 e. The second kappa shape index (κ2) is 6.12. The Bertz CT molecular complexity index is 674. The molecule has 2 saturated heterocycles. The van der Waals surface area contributed by atoms with Crippen LogP contribution in [0.25, 0.3) is 0 Å². The van der Waals surface area contributed by atoms with Crippen LogP contribution in [0.3, 0.4) is 0 Å². The first-order valence-corrected chi connectivity index (χ1v) is 9.37. The zero-order valence-electron chi connectivity index (χ0n) is 13.5. The molecule has 0 N–H and O–H groups in total. The van der Waals surface area contributed by atoms with Crippen molar-refractivity contribution >= 4 is 10.0 Å². The van der Waals surface area contributed by atoms with Crippen LogP contribution in [0.5, 0.6) is 0 Å². The normalized spacial score (nSPS) is 24.9. The van der Waals surface area contributed by atoms with E-state index in [2.05, 4.69) is 4.90 Å². The van der Waals surface area contributed by atoms with Gasteiger partial charge in [-0.1, -0.05) is 12.1 Å². The zero-order chi connectivity index (χ0) is 16.7. The summed E-state index contributed by atoms with van der Waals surface area (Å²) in [6.07, 6.45) is 0.923. The van der Waals surface area contributed by atoms with Crippen molar-refractivity contribution in [2.24, 2.45) is 5.92 Å². The van der Waals surface area contributed by atoms with Crippen molar-refractivity contribution in [1.82, 2.24) is 9.21 Å². The Labute approximate surface area is 137 Å². The van der Waals surface area contributed by atoms with Gasteiger partial charge in [-0.3, -0.25) is 4.90 Å². The van der Waals surface area contributed by atoms with E-state index in [1.54, 1.807) is 6.07 Å². The highest BCUT2D eigenvalue weighted by Gasteiger charge is 2.55. The molecule has 0 bridgehead atoms. The average molecular weight is 342 g/mol. The molecule has 2 aliphatic rings. The lowest BCUT2D eigenvalue weighted by atomic mass is 9.87. The van der Waals surface area contributed by atoms with Crippen LogP contribution in [0.1, 0.15) is 13.3 Å². The fourth-order valence-electron chi connectivity index (χ4n) is 3.68. The first-order valence-electron chi connectivity index (χ1n) is 7.93. The monoisotopic (exact) mass is 342 g/mol. The van der Waals surface area contributed by atoms with Gasteiger partial charge in [0.05, 0.1) is 6.61 Å². The van der Waals surface area contributed by atoms with E-state index in [-0.39, 0.29) is 10.4 Å². The van der Waals surface area contributed by atoms with Crippen LogP contribution in [0, 0.1) is 11.7 Å². The van der Waals surface area contributed by atoms with Crippen molar-refractivity contribution in [1.29, 1.82) is 0 Å². The number of likely N-dealkylation sites (tertiary alicyclic amines) is 1. The van der Waals surface area contributed by atoms with Gasteiger partial charge in [0.2, 0.25) is 10.0 Å². The van der Waals surface area contributed by atoms with Gasteiger partial charge in [-0.15, -0.1) is 0 Å². The first kappa shape index (κ1) is 16.8. The molecule has 1 aromatic carbocycles. The van der Waals surface area contributed by atoms with Gasteiger partial charge in [-0.05, 0) is 38.4 Å². The Morgan fingerprint density at radius 3 is 2.70 bits per heavy atom. The maximum atomic E-state index is 13.8. The second-order valence-electron chi connectivity index (χ2n) is 6.54. The van der Waals surface area contributed by atoms with E-state index in [1.165, 1.54) is 22.5 Å². The molecule has 2 fully saturated rings. The van der Waals surface area contributed by atoms with Crippen molar-refractivity contribution < 1.29 is 17.5 Å². The van der Waals surface area contributed by atoms with Gasteiger partial charge in [-0.2, -0.15) is 4.31 Å². The fourth-order valence-corrected chi connectivity index (χ4v) is 5.34. The van der Waals surface area contributed by atoms with E-state index in [9.17, 15) is 12.8 Å². The van der Waals surface area contributed by atoms with Crippen LogP contribution in [-0.4, -0.2) is 63.1 Å². The summed E-state index contributed by atoms with van der Waals surface area (Å²) >= 11 is 0. The Balaban J connectivity index is 1.70. The molecule has 23 heavy (non-hydrogen) atoms. The van der Waals surface area contributed by atoms with Crippen LogP contribution >= 0.6 is 0 Å². The molecule has 2 heterocycles. The molecule has 128 valence electrons. The number of nitrogens with zero attached hydrogens (tertiary/aromatic N) is 2. The lowest BCUT2D eigenvalue weighted by molar-refractivity contribution is 0.0368. The molecule has 5 nitrogen and oxygen atoms in total. The Hall–Kier alpha value is -1.02. The topological polar surface area (TPSA) is 49.9 Å². The number of hydrogen-bond acceptors (Lipinski definition) is 4. The Kier molecular flexibility index (Phi) is 4.48. The van der Waals surface area contributed by atoms with Gasteiger partial charge in [0.1, 0.15) is 10.7 Å². The second-order valence-corrected chi connectivity index (χ2v) is 8.44. The van der Waals surface area contributed by atoms with Gasteiger partial charge in [0.25, 0.3) is 0 Å². The minimum atomic E-state index is -3.75. The Morgan fingerprint density at radius 2 is 2.04 bits per heavy atom. The third-order valence-electron chi connectivity index (χ3n) is 4.96. The highest BCUT2D eigenvalue weighted by Crippen LogP contribution is 2.41. The fraction of sp³-hybridized carbons (Fsp3) is 0.625. The van der Waals surface area contributed by atoms with Crippen LogP contribution in [0.2, 0.25) is 0 Å². The van der Waals surface area contributed by atoms with Crippen molar-refractivity contribution in [3.8, 4) is 0 Å². The maximum Gasteiger partial charge on any atom is 0.246 e. The van der Waals surface area contributed by atoms with Gasteiger partial charge in [-0.25, -0.2) is 12.8 Å². The summed E-state index contributed by atoms with van der Waals surface area (Å²) in [5.41, 5.74) is -0.125. The summed E-state index contributed by atoms with van der Waals surface area (Å²) in [6.45, 7) is 5.13. The molecular formula is C16H23FN2O3S. The zero-order valence-corrected chi connectivity index (χ0v) is 14.4. The van der Waals surface area contributed by atoms with Gasteiger partial charge >= 0.3 is 0 Å². The predicted octanol–water partition coefficient (Wildman–Crippen LogP) is 1.56. The van der Waals surface area contributed by atoms with E-state index >= 15 is 0 Å². The molecule has 2 aliphatic heterocycles. The highest BCUT2D eigenvalue weighted by molar-refractivity contribution is 7.89. The smallest absolute Gasteiger partial charge is 0.246 e. The number of sulfonamides is 1. The molecule has 0 radical (unpaired) electrons. The third-order valence-corrected chi connectivity index (χ3v) is 6.79. The Morgan fingerprint density at radius 1 is 1.35 bits per heavy atom. The summed E-state index contributed by atoms with van der Waals surface area (Å²) in [5, 5.41) is 0. The number of halogens is 1. The van der Waals surface area contributed by atoms with Crippen LogP contribution in [0.15, 0.2) is 29.2 Å². The summed E-state index contributed by atoms with van der Waals surface area (Å²) in [4.78, 5) is 1.99. The molecular weight excluding hydrogens is 319 g/mol. The van der Waals surface area contributed by atoms with Crippen LogP contribution in [-0.2, 0) is 14.8 Å². The summed E-state index contributed by atoms with van der Waals surface area (Å²) < 4.78 is 45.9. The molecule has 0 amide bonds. The quantitative estimate of drug-likeness (QED) is 0.815. The standard InChI is InChI=1S/C16H23FN2O3S/c1-3-22-10-13-8-16(18(2)9-13)11-19(12-16)23(20,21)15-7-5-4-6-14(15)17/h4-7,13H,3,8-12H2,1-2H3/t13-/m0/s1. The summed E-state index contributed by atoms with van der Waals surface area (Å²) in [5.74, 6) is -0.263. The van der Waals surface area contributed by atoms with Gasteiger partial charge in [0, 0.05) is 31.8 Å². The van der Waals surface area contributed by atoms with Crippen molar-refractivity contribution in [2.45, 2.75) is 23.8 Å². The summed E-state index contributed by atoms with van der Waals surface area (Å²) in [6, 6.07) is 5.55. The minimum Gasteiger partial charge on any atom is -0.381 e. The van der Waals surface area contributed by atoms with Crippen molar-refractivity contribution in [2.75, 3.05) is 39.9 Å². The molecule has 0 aromatic heterocycles. The average Bonchev–Trinajstić information content (AvgIpc) is 2.80. The van der Waals surface area contributed by atoms with Crippen LogP contribution < -0.4 is 0 Å². The number of rotatable bonds is 5. The van der Waals surface area contributed by atoms with Gasteiger partial charge < -0.3 is 4.74 Å². The maximum absolute atomic E-state index is 13.8. The molecule has 1 aromatic rings. The van der Waals surface area contributed by atoms with Gasteiger partial charge in [0.15, 0.2) is 0 Å². The van der Waals surface area contributed by atoms with E-state index in [0.717, 1.165) is 13.0 Å². The highest BCUT2D eigenvalue weighted by atomic mass is 32.2. The SMILES string of the molecule is CCOC[C@@H]1CN(C)C2(C1)CN(S(=O)(=O)c1ccccc1F)C2. The van der Waals surface area contributed by atoms with E-state index < -0.39 is 15.8 Å². The number of likely N-dealkylation sites (N-methyl/N-ethyl adjacent to an activating group) is 1. The molecule has 0 saturated carbocycles. The third kappa shape index (κ3) is 2.91. The molecule has 3 rings (SSSR count). The van der Waals surface area contributed by atoms with Crippen LogP contribution in [0.4, 0.5) is 4.39 Å². The predicted molar refractivity (Wildman–Crippen MR) is 85.1 cm³/mol. The molecule has 1 spiro atoms. The lowest BCUT2D eigenvalue weighted by Gasteiger charge is -2.50. The van der Waals surface area contributed by atoms with E-state index in [1.807, 2.05) is 14.0 Å². The van der Waals surface area contributed by atoms with E-state index in [4.69, 9.17) is 4.74 Å². The number of benzene rings is 1.